The Hall–Kier alpha value is -3.70. The average molecular weight is 473 g/mol. The zero-order valence-electron chi connectivity index (χ0n) is 18.4. The van der Waals surface area contributed by atoms with E-state index in [4.69, 9.17) is 9.15 Å². The van der Waals surface area contributed by atoms with Gasteiger partial charge in [-0.2, -0.15) is 0 Å². The van der Waals surface area contributed by atoms with E-state index in [1.54, 1.807) is 25.4 Å². The zero-order chi connectivity index (χ0) is 24.0. The monoisotopic (exact) mass is 472 g/mol. The summed E-state index contributed by atoms with van der Waals surface area (Å²) in [7, 11) is 0.700. The van der Waals surface area contributed by atoms with Gasteiger partial charge in [-0.25, -0.2) is 17.7 Å². The van der Waals surface area contributed by atoms with E-state index in [-0.39, 0.29) is 23.3 Å². The Morgan fingerprint density at radius 2 is 1.82 bits per heavy atom. The summed E-state index contributed by atoms with van der Waals surface area (Å²) in [5.74, 6) is 0.572. The van der Waals surface area contributed by atoms with Crippen LogP contribution in [0.2, 0.25) is 0 Å². The molecule has 0 aliphatic rings. The minimum absolute atomic E-state index is 0.0250. The smallest absolute Gasteiger partial charge is 0.269 e. The molecule has 0 unspecified atom stereocenters. The zero-order valence-corrected chi connectivity index (χ0v) is 19.2. The van der Waals surface area contributed by atoms with Crippen LogP contribution < -0.4 is 15.6 Å². The van der Waals surface area contributed by atoms with Crippen LogP contribution in [0.4, 0.5) is 0 Å². The lowest BCUT2D eigenvalue weighted by Crippen LogP contribution is -2.41. The van der Waals surface area contributed by atoms with E-state index in [9.17, 15) is 18.0 Å². The molecule has 33 heavy (non-hydrogen) atoms. The van der Waals surface area contributed by atoms with Gasteiger partial charge < -0.3 is 9.15 Å². The van der Waals surface area contributed by atoms with Crippen molar-refractivity contribution in [3.63, 3.8) is 0 Å². The fourth-order valence-electron chi connectivity index (χ4n) is 2.80. The molecule has 1 heterocycles. The molecule has 0 saturated heterocycles. The van der Waals surface area contributed by atoms with Crippen molar-refractivity contribution in [2.45, 2.75) is 17.7 Å². The second-order valence-electron chi connectivity index (χ2n) is 7.16. The van der Waals surface area contributed by atoms with Gasteiger partial charge in [-0.1, -0.05) is 6.07 Å². The van der Waals surface area contributed by atoms with Crippen LogP contribution >= 0.6 is 0 Å². The van der Waals surface area contributed by atoms with Crippen molar-refractivity contribution in [1.82, 2.24) is 20.1 Å². The number of benzene rings is 2. The van der Waals surface area contributed by atoms with Crippen LogP contribution in [0.1, 0.15) is 22.7 Å². The van der Waals surface area contributed by atoms with Gasteiger partial charge >= 0.3 is 0 Å². The number of hydrogen-bond donors (Lipinski definition) is 2. The van der Waals surface area contributed by atoms with Gasteiger partial charge in [0, 0.05) is 38.1 Å². The first-order valence-electron chi connectivity index (χ1n) is 9.91. The van der Waals surface area contributed by atoms with Gasteiger partial charge in [0.25, 0.3) is 5.91 Å². The minimum atomic E-state index is -3.68. The molecule has 0 saturated carbocycles. The molecular weight excluding hydrogens is 448 g/mol. The number of nitrogens with one attached hydrogen (secondary N) is 2. The number of aromatic nitrogens is 1. The number of oxazole rings is 1. The molecule has 0 aliphatic carbocycles. The Morgan fingerprint density at radius 1 is 1.09 bits per heavy atom. The molecule has 0 radical (unpaired) electrons. The molecule has 0 atom stereocenters. The van der Waals surface area contributed by atoms with Crippen molar-refractivity contribution in [2.24, 2.45) is 0 Å². The number of amides is 2. The third-order valence-electron chi connectivity index (χ3n) is 4.68. The third kappa shape index (κ3) is 5.96. The second-order valence-corrected chi connectivity index (χ2v) is 9.32. The first kappa shape index (κ1) is 24.0. The van der Waals surface area contributed by atoms with Crippen LogP contribution in [0.3, 0.4) is 0 Å². The Balaban J connectivity index is 1.52. The van der Waals surface area contributed by atoms with E-state index >= 15 is 0 Å². The summed E-state index contributed by atoms with van der Waals surface area (Å²) in [5.41, 5.74) is 5.49. The third-order valence-corrected chi connectivity index (χ3v) is 6.50. The molecule has 1 aromatic heterocycles. The van der Waals surface area contributed by atoms with Gasteiger partial charge in [-0.3, -0.25) is 20.4 Å². The molecule has 0 bridgehead atoms. The Kier molecular flexibility index (Phi) is 7.46. The van der Waals surface area contributed by atoms with E-state index < -0.39 is 21.8 Å². The number of hydrogen-bond acceptors (Lipinski definition) is 7. The molecule has 0 spiro atoms. The molecule has 3 aromatic rings. The van der Waals surface area contributed by atoms with Gasteiger partial charge in [0.2, 0.25) is 15.9 Å². The van der Waals surface area contributed by atoms with Gasteiger partial charge in [-0.05, 0) is 42.5 Å². The molecule has 2 aromatic carbocycles. The number of rotatable bonds is 8. The van der Waals surface area contributed by atoms with E-state index in [2.05, 4.69) is 15.8 Å². The predicted molar refractivity (Wildman–Crippen MR) is 120 cm³/mol. The van der Waals surface area contributed by atoms with E-state index in [0.717, 1.165) is 15.6 Å². The molecule has 0 aliphatic heterocycles. The van der Waals surface area contributed by atoms with Crippen LogP contribution in [0.5, 0.6) is 5.75 Å². The Morgan fingerprint density at radius 3 is 2.48 bits per heavy atom. The van der Waals surface area contributed by atoms with E-state index in [1.165, 1.54) is 38.4 Å². The molecule has 3 rings (SSSR count). The van der Waals surface area contributed by atoms with Crippen LogP contribution in [0.25, 0.3) is 11.3 Å². The molecule has 2 N–H and O–H groups in total. The molecule has 0 fully saturated rings. The number of aryl methyl sites for hydroxylation is 1. The van der Waals surface area contributed by atoms with E-state index in [0.29, 0.717) is 11.7 Å². The molecule has 11 heteroatoms. The maximum absolute atomic E-state index is 12.3. The normalized spacial score (nSPS) is 11.3. The minimum Gasteiger partial charge on any atom is -0.497 e. The fourth-order valence-corrected chi connectivity index (χ4v) is 3.75. The van der Waals surface area contributed by atoms with Crippen molar-refractivity contribution in [1.29, 1.82) is 0 Å². The SMILES string of the molecule is COc1ccc(-c2cnc(CCC(=O)NNC(=O)c3cccc(S(=O)(=O)N(C)C)c3)o2)cc1. The number of sulfonamides is 1. The first-order chi connectivity index (χ1) is 15.7. The number of carbonyl (C=O) groups is 2. The Labute approximate surface area is 191 Å². The van der Waals surface area contributed by atoms with Crippen LogP contribution in [0, 0.1) is 0 Å². The first-order valence-corrected chi connectivity index (χ1v) is 11.4. The highest BCUT2D eigenvalue weighted by Gasteiger charge is 2.19. The standard InChI is InChI=1S/C22H24N4O6S/c1-26(2)33(29,30)18-6-4-5-16(13-18)22(28)25-24-20(27)11-12-21-23-14-19(32-21)15-7-9-17(31-3)10-8-15/h4-10,13-14H,11-12H2,1-3H3,(H,24,27)(H,25,28). The Bertz CT molecular complexity index is 1240. The summed E-state index contributed by atoms with van der Waals surface area (Å²) < 4.78 is 36.3. The lowest BCUT2D eigenvalue weighted by Gasteiger charge is -2.12. The van der Waals surface area contributed by atoms with Crippen LogP contribution in [-0.2, 0) is 21.2 Å². The van der Waals surface area contributed by atoms with Crippen molar-refractivity contribution >= 4 is 21.8 Å². The van der Waals surface area contributed by atoms with Crippen molar-refractivity contribution in [3.05, 3.63) is 66.2 Å². The lowest BCUT2D eigenvalue weighted by molar-refractivity contribution is -0.121. The second kappa shape index (κ2) is 10.3. The van der Waals surface area contributed by atoms with Crippen molar-refractivity contribution < 1.29 is 27.2 Å². The number of ether oxygens (including phenoxy) is 1. The van der Waals surface area contributed by atoms with Crippen LogP contribution in [-0.4, -0.2) is 50.7 Å². The fraction of sp³-hybridized carbons (Fsp3) is 0.227. The van der Waals surface area contributed by atoms with Crippen molar-refractivity contribution in [2.75, 3.05) is 21.2 Å². The largest absolute Gasteiger partial charge is 0.497 e. The number of hydrazine groups is 1. The summed E-state index contributed by atoms with van der Waals surface area (Å²) in [6.07, 6.45) is 1.83. The summed E-state index contributed by atoms with van der Waals surface area (Å²) >= 11 is 0. The highest BCUT2D eigenvalue weighted by Crippen LogP contribution is 2.23. The van der Waals surface area contributed by atoms with Gasteiger partial charge in [0.05, 0.1) is 18.2 Å². The topological polar surface area (TPSA) is 131 Å². The quantitative estimate of drug-likeness (QED) is 0.480. The average Bonchev–Trinajstić information content (AvgIpc) is 3.30. The summed E-state index contributed by atoms with van der Waals surface area (Å²) in [5, 5.41) is 0. The number of methoxy groups -OCH3 is 1. The molecular formula is C22H24N4O6S. The van der Waals surface area contributed by atoms with Crippen molar-refractivity contribution in [3.8, 4) is 17.1 Å². The molecule has 174 valence electrons. The number of nitrogens with zero attached hydrogens (tertiary/aromatic N) is 2. The van der Waals surface area contributed by atoms with E-state index in [1.807, 2.05) is 12.1 Å². The summed E-state index contributed by atoms with van der Waals surface area (Å²) in [4.78, 5) is 28.6. The number of carbonyl (C=O) groups excluding carboxylic acids is 2. The van der Waals surface area contributed by atoms with Gasteiger partial charge in [0.1, 0.15) is 5.75 Å². The van der Waals surface area contributed by atoms with Crippen LogP contribution in [0.15, 0.2) is 64.0 Å². The molecule has 10 nitrogen and oxygen atoms in total. The highest BCUT2D eigenvalue weighted by atomic mass is 32.2. The lowest BCUT2D eigenvalue weighted by atomic mass is 10.2. The van der Waals surface area contributed by atoms with Gasteiger partial charge in [0.15, 0.2) is 11.7 Å². The maximum atomic E-state index is 12.3. The highest BCUT2D eigenvalue weighted by molar-refractivity contribution is 7.89. The summed E-state index contributed by atoms with van der Waals surface area (Å²) in [6.45, 7) is 0. The summed E-state index contributed by atoms with van der Waals surface area (Å²) in [6, 6.07) is 12.8. The predicted octanol–water partition coefficient (Wildman–Crippen LogP) is 1.99. The van der Waals surface area contributed by atoms with Gasteiger partial charge in [-0.15, -0.1) is 0 Å². The molecule has 2 amide bonds. The maximum Gasteiger partial charge on any atom is 0.269 e.